The van der Waals surface area contributed by atoms with Crippen LogP contribution in [0.5, 0.6) is 0 Å². The van der Waals surface area contributed by atoms with E-state index in [-0.39, 0.29) is 22.5 Å². The predicted molar refractivity (Wildman–Crippen MR) is 158 cm³/mol. The minimum atomic E-state index is -0.805. The average Bonchev–Trinajstić information content (AvgIpc) is 3.60. The van der Waals surface area contributed by atoms with E-state index in [9.17, 15) is 19.1 Å². The number of nitrogens with zero attached hydrogens (tertiary/aromatic N) is 3. The molecule has 2 aromatic heterocycles. The maximum atomic E-state index is 14.7. The Kier molecular flexibility index (Phi) is 7.78. The molecule has 2 atom stereocenters. The van der Waals surface area contributed by atoms with Crippen molar-refractivity contribution in [3.05, 3.63) is 80.9 Å². The van der Waals surface area contributed by atoms with Crippen molar-refractivity contribution in [2.24, 2.45) is 21.9 Å². The van der Waals surface area contributed by atoms with Crippen LogP contribution in [0.25, 0.3) is 5.70 Å². The number of fused-ring (bicyclic) bond motifs is 1. The molecular weight excluding hydrogens is 543 g/mol. The summed E-state index contributed by atoms with van der Waals surface area (Å²) in [6.07, 6.45) is 5.23. The lowest BCUT2D eigenvalue weighted by molar-refractivity contribution is -0.111. The molecule has 1 fully saturated rings. The smallest absolute Gasteiger partial charge is 0.267 e. The number of halogens is 1. The summed E-state index contributed by atoms with van der Waals surface area (Å²) in [4.78, 5) is 37.3. The van der Waals surface area contributed by atoms with Gasteiger partial charge in [0, 0.05) is 22.8 Å². The van der Waals surface area contributed by atoms with Crippen LogP contribution in [-0.2, 0) is 11.2 Å². The average molecular weight is 577 g/mol. The highest BCUT2D eigenvalue weighted by Gasteiger charge is 2.40. The molecule has 41 heavy (non-hydrogen) atoms. The number of likely N-dealkylation sites (tertiary alicyclic amines) is 1. The number of amides is 2. The third-order valence-corrected chi connectivity index (χ3v) is 8.87. The molecule has 2 amide bonds. The molecule has 11 heteroatoms. The Morgan fingerprint density at radius 2 is 2.02 bits per heavy atom. The summed E-state index contributed by atoms with van der Waals surface area (Å²) < 4.78 is 14.7. The molecule has 1 aliphatic carbocycles. The van der Waals surface area contributed by atoms with Crippen LogP contribution >= 0.6 is 11.3 Å². The zero-order valence-electron chi connectivity index (χ0n) is 23.1. The fourth-order valence-corrected chi connectivity index (χ4v) is 6.67. The molecule has 1 aromatic carbocycles. The maximum absolute atomic E-state index is 14.7. The normalized spacial score (nSPS) is 20.7. The molecule has 1 aliphatic heterocycles. The lowest BCUT2D eigenvalue weighted by Crippen LogP contribution is -2.22. The number of hydrogen-bond donors (Lipinski definition) is 4. The second-order valence-corrected chi connectivity index (χ2v) is 12.4. The Morgan fingerprint density at radius 1 is 1.24 bits per heavy atom. The molecule has 0 saturated carbocycles. The van der Waals surface area contributed by atoms with Gasteiger partial charge in [0.1, 0.15) is 11.5 Å². The van der Waals surface area contributed by atoms with Gasteiger partial charge in [0.25, 0.3) is 11.8 Å². The number of thiophene rings is 1. The van der Waals surface area contributed by atoms with Crippen molar-refractivity contribution in [3.8, 4) is 0 Å². The molecule has 2 unspecified atom stereocenters. The largest absolute Gasteiger partial charge is 0.398 e. The standard InChI is InChI=1S/C30H33FN6O3S/c1-30(2)14-25-18(27(30)38)12-24(41-25)29(40)36-21-11-16(6-8-19(21)31)20(32)13-22(28(33)39)35-26-9-7-17(15-34-26)23-5-4-10-37(23)3/h6-9,11-13,15,23,27,38H,4-5,10,14,32H2,1-3H3,(H2,33,39)(H,36,40). The summed E-state index contributed by atoms with van der Waals surface area (Å²) in [5, 5.41) is 13.1. The number of aliphatic hydroxyl groups excluding tert-OH is 1. The Bertz CT molecular complexity index is 1560. The molecule has 2 aliphatic rings. The number of pyridine rings is 1. The fraction of sp³-hybridized carbons (Fsp3) is 0.333. The van der Waals surface area contributed by atoms with Crippen molar-refractivity contribution in [1.82, 2.24) is 9.88 Å². The number of aliphatic imine (C=N–C) groups is 1. The number of aromatic nitrogens is 1. The van der Waals surface area contributed by atoms with Gasteiger partial charge < -0.3 is 21.9 Å². The first-order valence-corrected chi connectivity index (χ1v) is 14.2. The van der Waals surface area contributed by atoms with Gasteiger partial charge in [-0.05, 0) is 91.4 Å². The molecule has 6 N–H and O–H groups in total. The minimum absolute atomic E-state index is 0.0787. The highest BCUT2D eigenvalue weighted by molar-refractivity contribution is 7.14. The van der Waals surface area contributed by atoms with Gasteiger partial charge in [-0.2, -0.15) is 0 Å². The van der Waals surface area contributed by atoms with E-state index in [0.717, 1.165) is 35.4 Å². The Balaban J connectivity index is 1.34. The van der Waals surface area contributed by atoms with E-state index in [1.54, 1.807) is 18.3 Å². The number of hydrogen-bond acceptors (Lipinski definition) is 8. The minimum Gasteiger partial charge on any atom is -0.398 e. The van der Waals surface area contributed by atoms with Gasteiger partial charge in [0.15, 0.2) is 5.82 Å². The number of anilines is 1. The number of aliphatic hydroxyl groups is 1. The number of rotatable bonds is 7. The van der Waals surface area contributed by atoms with Crippen LogP contribution in [-0.4, -0.2) is 46.1 Å². The molecule has 3 heterocycles. The van der Waals surface area contributed by atoms with Crippen molar-refractivity contribution < 1.29 is 19.1 Å². The van der Waals surface area contributed by atoms with Crippen LogP contribution in [0.4, 0.5) is 15.9 Å². The summed E-state index contributed by atoms with van der Waals surface area (Å²) in [7, 11) is 2.08. The SMILES string of the molecule is CN1CCCC1c1ccc(N=C(C=C(N)c2ccc(F)c(NC(=O)c3cc4c(s3)CC(C)(C)C4O)c2)C(N)=O)nc1. The van der Waals surface area contributed by atoms with Gasteiger partial charge in [-0.15, -0.1) is 11.3 Å². The van der Waals surface area contributed by atoms with Crippen LogP contribution < -0.4 is 16.8 Å². The van der Waals surface area contributed by atoms with Crippen LogP contribution in [0.3, 0.4) is 0 Å². The highest BCUT2D eigenvalue weighted by atomic mass is 32.1. The number of benzene rings is 1. The number of carbonyl (C=O) groups excluding carboxylic acids is 2. The van der Waals surface area contributed by atoms with Gasteiger partial charge in [0.2, 0.25) is 0 Å². The first-order chi connectivity index (χ1) is 19.4. The van der Waals surface area contributed by atoms with E-state index in [0.29, 0.717) is 28.7 Å². The van der Waals surface area contributed by atoms with E-state index in [1.165, 1.54) is 35.6 Å². The zero-order valence-corrected chi connectivity index (χ0v) is 24.0. The monoisotopic (exact) mass is 576 g/mol. The molecule has 5 rings (SSSR count). The lowest BCUT2D eigenvalue weighted by atomic mass is 9.88. The summed E-state index contributed by atoms with van der Waals surface area (Å²) in [5.74, 6) is -1.65. The first kappa shape index (κ1) is 28.6. The molecule has 1 saturated heterocycles. The quantitative estimate of drug-likeness (QED) is 0.305. The molecule has 214 valence electrons. The predicted octanol–water partition coefficient (Wildman–Crippen LogP) is 4.47. The summed E-state index contributed by atoms with van der Waals surface area (Å²) >= 11 is 1.29. The Hall–Kier alpha value is -3.93. The van der Waals surface area contributed by atoms with Crippen molar-refractivity contribution in [3.63, 3.8) is 0 Å². The van der Waals surface area contributed by atoms with Gasteiger partial charge in [0.05, 0.1) is 16.7 Å². The van der Waals surface area contributed by atoms with Gasteiger partial charge in [-0.25, -0.2) is 14.4 Å². The molecule has 9 nitrogen and oxygen atoms in total. The topological polar surface area (TPSA) is 147 Å². The molecule has 0 spiro atoms. The number of carbonyl (C=O) groups is 2. The first-order valence-electron chi connectivity index (χ1n) is 13.4. The van der Waals surface area contributed by atoms with Crippen LogP contribution in [0.2, 0.25) is 0 Å². The fourth-order valence-electron chi connectivity index (χ4n) is 5.34. The van der Waals surface area contributed by atoms with Crippen molar-refractivity contribution in [1.29, 1.82) is 0 Å². The van der Waals surface area contributed by atoms with Crippen molar-refractivity contribution >= 4 is 46.1 Å². The molecular formula is C30H33FN6O3S. The van der Waals surface area contributed by atoms with E-state index < -0.39 is 23.7 Å². The van der Waals surface area contributed by atoms with Crippen LogP contribution in [0.1, 0.15) is 70.1 Å². The van der Waals surface area contributed by atoms with E-state index in [4.69, 9.17) is 11.5 Å². The number of nitrogens with one attached hydrogen (secondary N) is 1. The lowest BCUT2D eigenvalue weighted by Gasteiger charge is -2.22. The number of primary amides is 1. The second kappa shape index (κ2) is 11.2. The van der Waals surface area contributed by atoms with E-state index in [2.05, 4.69) is 27.2 Å². The third-order valence-electron chi connectivity index (χ3n) is 7.72. The summed E-state index contributed by atoms with van der Waals surface area (Å²) in [5.41, 5.74) is 13.6. The molecule has 3 aromatic rings. The number of nitrogens with two attached hydrogens (primary N) is 2. The van der Waals surface area contributed by atoms with Crippen LogP contribution in [0.15, 0.2) is 53.7 Å². The second-order valence-electron chi connectivity index (χ2n) is 11.3. The summed E-state index contributed by atoms with van der Waals surface area (Å²) in [6.45, 7) is 4.98. The molecule has 0 bridgehead atoms. The molecule has 0 radical (unpaired) electrons. The highest BCUT2D eigenvalue weighted by Crippen LogP contribution is 2.48. The maximum Gasteiger partial charge on any atom is 0.267 e. The van der Waals surface area contributed by atoms with E-state index >= 15 is 0 Å². The van der Waals surface area contributed by atoms with Crippen molar-refractivity contribution in [2.75, 3.05) is 18.9 Å². The van der Waals surface area contributed by atoms with Crippen LogP contribution in [0, 0.1) is 11.2 Å². The Morgan fingerprint density at radius 3 is 2.66 bits per heavy atom. The Labute approximate surface area is 241 Å². The third kappa shape index (κ3) is 5.92. The van der Waals surface area contributed by atoms with Gasteiger partial charge >= 0.3 is 0 Å². The van der Waals surface area contributed by atoms with Gasteiger partial charge in [-0.3, -0.25) is 14.5 Å². The van der Waals surface area contributed by atoms with Crippen molar-refractivity contribution in [2.45, 2.75) is 45.3 Å². The van der Waals surface area contributed by atoms with E-state index in [1.807, 2.05) is 19.9 Å². The zero-order chi connectivity index (χ0) is 29.5. The van der Waals surface area contributed by atoms with Gasteiger partial charge in [-0.1, -0.05) is 19.9 Å². The summed E-state index contributed by atoms with van der Waals surface area (Å²) in [6, 6.07) is 9.60.